The minimum absolute atomic E-state index is 0.00807. The Morgan fingerprint density at radius 1 is 0.432 bits per heavy atom. The van der Waals surface area contributed by atoms with Gasteiger partial charge in [0.05, 0.1) is 0 Å². The maximum Gasteiger partial charge on any atom is 0.197 e. The van der Waals surface area contributed by atoms with Crippen LogP contribution in [0.15, 0.2) is 114 Å². The molecule has 3 nitrogen and oxygen atoms in total. The van der Waals surface area contributed by atoms with Crippen LogP contribution in [0.3, 0.4) is 0 Å². The summed E-state index contributed by atoms with van der Waals surface area (Å²) in [4.78, 5) is 2.65. The Morgan fingerprint density at radius 3 is 1.66 bits per heavy atom. The second-order valence-electron chi connectivity index (χ2n) is 28.1. The van der Waals surface area contributed by atoms with E-state index in [1.807, 2.05) is 0 Å². The predicted molar refractivity (Wildman–Crippen MR) is 317 cm³/mol. The van der Waals surface area contributed by atoms with E-state index in [0.29, 0.717) is 0 Å². The Hall–Kier alpha value is -6.00. The van der Waals surface area contributed by atoms with E-state index in [-0.39, 0.29) is 37.9 Å². The summed E-state index contributed by atoms with van der Waals surface area (Å²) < 4.78 is 6.79. The lowest BCUT2D eigenvalue weighted by Crippen LogP contribution is -2.42. The quantitative estimate of drug-likeness (QED) is 0.178. The lowest BCUT2D eigenvalue weighted by Gasteiger charge is -2.44. The summed E-state index contributed by atoms with van der Waals surface area (Å²) in [6, 6.07) is 42.9. The fourth-order valence-corrected chi connectivity index (χ4v) is 14.8. The van der Waals surface area contributed by atoms with Crippen molar-refractivity contribution in [3.8, 4) is 22.3 Å². The molecule has 1 N–H and O–H groups in total. The van der Waals surface area contributed by atoms with E-state index in [9.17, 15) is 0 Å². The molecule has 2 heterocycles. The molecule has 1 radical (unpaired) electrons. The van der Waals surface area contributed by atoms with Gasteiger partial charge in [0.25, 0.3) is 0 Å². The van der Waals surface area contributed by atoms with Gasteiger partial charge < -0.3 is 14.6 Å². The molecule has 1 aromatic heterocycles. The summed E-state index contributed by atoms with van der Waals surface area (Å²) in [5.41, 5.74) is 28.5. The first kappa shape index (κ1) is 47.7. The highest BCUT2D eigenvalue weighted by atomic mass is 16.3. The van der Waals surface area contributed by atoms with Crippen molar-refractivity contribution in [2.45, 2.75) is 180 Å². The summed E-state index contributed by atoms with van der Waals surface area (Å²) in [5.74, 6) is 0. The summed E-state index contributed by atoms with van der Waals surface area (Å²) >= 11 is 0. The smallest absolute Gasteiger partial charge is 0.197 e. The molecule has 4 aliphatic carbocycles. The lowest BCUT2D eigenvalue weighted by molar-refractivity contribution is 0.332. The van der Waals surface area contributed by atoms with Gasteiger partial charge in [-0.05, 0) is 193 Å². The molecule has 0 spiro atoms. The Balaban J connectivity index is 1.16. The zero-order chi connectivity index (χ0) is 52.0. The molecule has 0 bridgehead atoms. The monoisotopic (exact) mass is 972 g/mol. The Kier molecular flexibility index (Phi) is 9.88. The van der Waals surface area contributed by atoms with E-state index in [2.05, 4.69) is 231 Å². The molecule has 0 amide bonds. The average molecular weight is 972 g/mol. The van der Waals surface area contributed by atoms with Crippen molar-refractivity contribution < 1.29 is 4.42 Å². The minimum atomic E-state index is -0.263. The van der Waals surface area contributed by atoms with Crippen LogP contribution in [0.2, 0.25) is 0 Å². The zero-order valence-electron chi connectivity index (χ0n) is 47.1. The third kappa shape index (κ3) is 6.84. The molecular formula is C70H76BN2O. The molecule has 8 aromatic rings. The molecular weight excluding hydrogens is 896 g/mol. The molecule has 0 saturated carbocycles. The standard InChI is InChI=1S/C70H76BN2O/c1-40-32-48-52(69(12,13)31-28-65(48,4)5)37-56(40)73-57-39-60-44(42-20-17-19-23-59(42)74-60)35-54(57)71-63-58(73)38-53-61(43-21-16-18-22-46(43)70(53,14)15)62(63)45-34-50-51(68(10,11)30-29-67(50,8)9)36-55(45)72-41-24-25-47-49(33-41)66(6,7)27-26-64(47,2)3/h16-25,32-39,72H,26-31H2,1-15H3. The SMILES string of the molecule is Cc1cc2c(cc1N1c3cc4oc5ccccc5c4cc3[B]c3c1cc1c(c3-c3cc4c(cc3Nc3ccc5c(c3)C(C)(C)CCC5(C)C)C(C)(C)CCC4(C)C)-c3ccccc3C1(C)C)C(C)(C)CCC2(C)C. The molecule has 0 fully saturated rings. The fraction of sp³-hybridized carbons (Fsp3) is 0.400. The molecule has 4 heteroatoms. The number of para-hydroxylation sites is 1. The number of hydrogen-bond donors (Lipinski definition) is 1. The van der Waals surface area contributed by atoms with Crippen molar-refractivity contribution in [2.24, 2.45) is 0 Å². The second kappa shape index (κ2) is 15.3. The second-order valence-corrected chi connectivity index (χ2v) is 28.1. The summed E-state index contributed by atoms with van der Waals surface area (Å²) in [6.07, 6.45) is 6.99. The van der Waals surface area contributed by atoms with Crippen molar-refractivity contribution in [1.82, 2.24) is 0 Å². The van der Waals surface area contributed by atoms with Crippen molar-refractivity contribution in [1.29, 1.82) is 0 Å². The molecule has 74 heavy (non-hydrogen) atoms. The number of nitrogens with one attached hydrogen (secondary N) is 1. The number of benzene rings is 7. The van der Waals surface area contributed by atoms with E-state index < -0.39 is 0 Å². The maximum atomic E-state index is 6.79. The minimum Gasteiger partial charge on any atom is -0.456 e. The average Bonchev–Trinajstić information content (AvgIpc) is 3.85. The molecule has 0 atom stereocenters. The van der Waals surface area contributed by atoms with Crippen LogP contribution in [0.5, 0.6) is 0 Å². The molecule has 0 unspecified atom stereocenters. The molecule has 1 aliphatic heterocycles. The van der Waals surface area contributed by atoms with E-state index >= 15 is 0 Å². The van der Waals surface area contributed by atoms with Gasteiger partial charge in [-0.3, -0.25) is 0 Å². The highest BCUT2D eigenvalue weighted by Crippen LogP contribution is 2.58. The number of nitrogens with zero attached hydrogens (tertiary/aromatic N) is 1. The largest absolute Gasteiger partial charge is 0.456 e. The number of fused-ring (bicyclic) bond motifs is 11. The lowest BCUT2D eigenvalue weighted by atomic mass is 9.56. The van der Waals surface area contributed by atoms with Gasteiger partial charge in [0.15, 0.2) is 7.28 Å². The van der Waals surface area contributed by atoms with Gasteiger partial charge in [0.1, 0.15) is 11.2 Å². The Morgan fingerprint density at radius 2 is 0.986 bits per heavy atom. The van der Waals surface area contributed by atoms with E-state index in [1.54, 1.807) is 0 Å². The van der Waals surface area contributed by atoms with Crippen molar-refractivity contribution in [3.05, 3.63) is 159 Å². The van der Waals surface area contributed by atoms with Crippen molar-refractivity contribution in [3.63, 3.8) is 0 Å². The summed E-state index contributed by atoms with van der Waals surface area (Å²) in [5, 5.41) is 6.57. The molecule has 0 saturated heterocycles. The van der Waals surface area contributed by atoms with Gasteiger partial charge >= 0.3 is 0 Å². The third-order valence-corrected chi connectivity index (χ3v) is 20.0. The first-order valence-corrected chi connectivity index (χ1v) is 28.0. The van der Waals surface area contributed by atoms with Gasteiger partial charge in [-0.25, -0.2) is 0 Å². The molecule has 7 aromatic carbocycles. The highest BCUT2D eigenvalue weighted by Gasteiger charge is 2.45. The van der Waals surface area contributed by atoms with E-state index in [4.69, 9.17) is 4.42 Å². The number of rotatable bonds is 4. The van der Waals surface area contributed by atoms with E-state index in [0.717, 1.165) is 52.6 Å². The Bertz CT molecular complexity index is 3740. The van der Waals surface area contributed by atoms with Crippen LogP contribution in [0.4, 0.5) is 28.4 Å². The third-order valence-electron chi connectivity index (χ3n) is 20.0. The molecule has 375 valence electrons. The topological polar surface area (TPSA) is 28.4 Å². The van der Waals surface area contributed by atoms with Crippen LogP contribution in [-0.4, -0.2) is 7.28 Å². The van der Waals surface area contributed by atoms with Crippen LogP contribution >= 0.6 is 0 Å². The number of aryl methyl sites for hydroxylation is 1. The first-order valence-electron chi connectivity index (χ1n) is 28.0. The van der Waals surface area contributed by atoms with Gasteiger partial charge in [0.2, 0.25) is 0 Å². The van der Waals surface area contributed by atoms with Crippen LogP contribution in [-0.2, 0) is 37.9 Å². The number of furan rings is 1. The van der Waals surface area contributed by atoms with Gasteiger partial charge in [-0.2, -0.15) is 0 Å². The van der Waals surface area contributed by atoms with Crippen LogP contribution in [0.25, 0.3) is 44.2 Å². The van der Waals surface area contributed by atoms with Crippen molar-refractivity contribution >= 4 is 68.6 Å². The van der Waals surface area contributed by atoms with E-state index in [1.165, 1.54) is 120 Å². The highest BCUT2D eigenvalue weighted by molar-refractivity contribution is 6.74. The molecule has 5 aliphatic rings. The van der Waals surface area contributed by atoms with Gasteiger partial charge in [0, 0.05) is 56.3 Å². The zero-order valence-corrected chi connectivity index (χ0v) is 47.1. The fourth-order valence-electron chi connectivity index (χ4n) is 14.8. The van der Waals surface area contributed by atoms with Gasteiger partial charge in [-0.1, -0.05) is 163 Å². The van der Waals surface area contributed by atoms with Crippen LogP contribution in [0, 0.1) is 6.92 Å². The maximum absolute atomic E-state index is 6.79. The normalized spacial score (nSPS) is 20.3. The first-order chi connectivity index (χ1) is 34.8. The number of anilines is 5. The molecule has 13 rings (SSSR count). The van der Waals surface area contributed by atoms with Gasteiger partial charge in [-0.15, -0.1) is 0 Å². The predicted octanol–water partition coefficient (Wildman–Crippen LogP) is 18.1. The number of hydrogen-bond acceptors (Lipinski definition) is 3. The van der Waals surface area contributed by atoms with Crippen LogP contribution < -0.4 is 21.1 Å². The van der Waals surface area contributed by atoms with Crippen LogP contribution in [0.1, 0.15) is 186 Å². The summed E-state index contributed by atoms with van der Waals surface area (Å²) in [6.45, 7) is 36.8. The Labute approximate surface area is 442 Å². The van der Waals surface area contributed by atoms with Crippen molar-refractivity contribution in [2.75, 3.05) is 10.2 Å². The summed E-state index contributed by atoms with van der Waals surface area (Å²) in [7, 11) is 2.55.